The van der Waals surface area contributed by atoms with Gasteiger partial charge in [0, 0.05) is 13.0 Å². The maximum Gasteiger partial charge on any atom is 0.234 e. The molecule has 1 atom stereocenters. The Labute approximate surface area is 122 Å². The molecule has 1 saturated heterocycles. The quantitative estimate of drug-likeness (QED) is 0.695. The lowest BCUT2D eigenvalue weighted by Gasteiger charge is -2.21. The Balaban J connectivity index is 1.86. The molecule has 1 aliphatic heterocycles. The molecular weight excluding hydrogens is 275 g/mol. The van der Waals surface area contributed by atoms with E-state index in [1.54, 1.807) is 0 Å². The van der Waals surface area contributed by atoms with Gasteiger partial charge < -0.3 is 16.8 Å². The molecule has 6 nitrogen and oxygen atoms in total. The van der Waals surface area contributed by atoms with E-state index in [0.717, 1.165) is 25.5 Å². The number of carbonyl (C=O) groups excluding carboxylic acids is 2. The number of benzene rings is 1. The van der Waals surface area contributed by atoms with Gasteiger partial charge in [-0.05, 0) is 37.6 Å². The standard InChI is InChI=1S/C14H19FN4O2/c15-9-3-4-11(10(16)8-9)18-13(20)5-7-19-6-1-2-12(19)14(17)21/h3-4,8,12H,1-2,5-7,16H2,(H2,17,21)(H,18,20). The number of amides is 2. The summed E-state index contributed by atoms with van der Waals surface area (Å²) in [6.45, 7) is 1.22. The molecule has 1 fully saturated rings. The number of nitrogens with zero attached hydrogens (tertiary/aromatic N) is 1. The Hall–Kier alpha value is -2.15. The average Bonchev–Trinajstić information content (AvgIpc) is 2.88. The normalized spacial score (nSPS) is 18.6. The van der Waals surface area contributed by atoms with Gasteiger partial charge in [-0.15, -0.1) is 0 Å². The van der Waals surface area contributed by atoms with E-state index in [1.807, 2.05) is 4.90 Å². The maximum atomic E-state index is 12.9. The third-order valence-electron chi connectivity index (χ3n) is 3.61. The molecule has 0 saturated carbocycles. The number of hydrogen-bond acceptors (Lipinski definition) is 4. The smallest absolute Gasteiger partial charge is 0.234 e. The highest BCUT2D eigenvalue weighted by Gasteiger charge is 2.28. The molecule has 0 radical (unpaired) electrons. The number of likely N-dealkylation sites (tertiary alicyclic amines) is 1. The number of hydrogen-bond donors (Lipinski definition) is 3. The number of carbonyl (C=O) groups is 2. The van der Waals surface area contributed by atoms with E-state index in [9.17, 15) is 14.0 Å². The Morgan fingerprint density at radius 3 is 2.86 bits per heavy atom. The number of anilines is 2. The van der Waals surface area contributed by atoms with Crippen LogP contribution in [0, 0.1) is 5.82 Å². The zero-order valence-electron chi connectivity index (χ0n) is 11.6. The Morgan fingerprint density at radius 2 is 2.19 bits per heavy atom. The van der Waals surface area contributed by atoms with Gasteiger partial charge in [-0.3, -0.25) is 14.5 Å². The van der Waals surface area contributed by atoms with Gasteiger partial charge in [-0.2, -0.15) is 0 Å². The Morgan fingerprint density at radius 1 is 1.43 bits per heavy atom. The average molecular weight is 294 g/mol. The fourth-order valence-corrected chi connectivity index (χ4v) is 2.52. The van der Waals surface area contributed by atoms with Crippen molar-refractivity contribution in [3.63, 3.8) is 0 Å². The first-order valence-electron chi connectivity index (χ1n) is 6.85. The molecule has 0 aliphatic carbocycles. The van der Waals surface area contributed by atoms with E-state index in [-0.39, 0.29) is 30.0 Å². The summed E-state index contributed by atoms with van der Waals surface area (Å²) in [5, 5.41) is 2.63. The highest BCUT2D eigenvalue weighted by atomic mass is 19.1. The van der Waals surface area contributed by atoms with Crippen molar-refractivity contribution in [1.82, 2.24) is 4.90 Å². The molecule has 0 aromatic heterocycles. The van der Waals surface area contributed by atoms with Gasteiger partial charge >= 0.3 is 0 Å². The second kappa shape index (κ2) is 6.53. The van der Waals surface area contributed by atoms with Gasteiger partial charge in [0.2, 0.25) is 11.8 Å². The topological polar surface area (TPSA) is 101 Å². The lowest BCUT2D eigenvalue weighted by molar-refractivity contribution is -0.123. The first-order chi connectivity index (χ1) is 9.97. The summed E-state index contributed by atoms with van der Waals surface area (Å²) < 4.78 is 12.9. The minimum Gasteiger partial charge on any atom is -0.397 e. The predicted molar refractivity (Wildman–Crippen MR) is 77.8 cm³/mol. The number of nitrogens with one attached hydrogen (secondary N) is 1. The largest absolute Gasteiger partial charge is 0.397 e. The van der Waals surface area contributed by atoms with Crippen molar-refractivity contribution in [1.29, 1.82) is 0 Å². The molecule has 1 heterocycles. The highest BCUT2D eigenvalue weighted by Crippen LogP contribution is 2.20. The van der Waals surface area contributed by atoms with E-state index < -0.39 is 5.82 Å². The minimum atomic E-state index is -0.452. The van der Waals surface area contributed by atoms with Crippen LogP contribution in [0.4, 0.5) is 15.8 Å². The third-order valence-corrected chi connectivity index (χ3v) is 3.61. The van der Waals surface area contributed by atoms with Gasteiger partial charge in [-0.25, -0.2) is 4.39 Å². The Bertz CT molecular complexity index is 550. The summed E-state index contributed by atoms with van der Waals surface area (Å²) >= 11 is 0. The van der Waals surface area contributed by atoms with Crippen molar-refractivity contribution in [3.8, 4) is 0 Å². The summed E-state index contributed by atoms with van der Waals surface area (Å²) in [7, 11) is 0. The minimum absolute atomic E-state index is 0.180. The summed E-state index contributed by atoms with van der Waals surface area (Å²) in [6, 6.07) is 3.52. The second-order valence-electron chi connectivity index (χ2n) is 5.13. The number of rotatable bonds is 5. The van der Waals surface area contributed by atoms with Crippen LogP contribution in [0.15, 0.2) is 18.2 Å². The van der Waals surface area contributed by atoms with Crippen LogP contribution in [0.5, 0.6) is 0 Å². The lowest BCUT2D eigenvalue weighted by Crippen LogP contribution is -2.41. The Kier molecular flexibility index (Phi) is 4.74. The van der Waals surface area contributed by atoms with E-state index in [1.165, 1.54) is 12.1 Å². The second-order valence-corrected chi connectivity index (χ2v) is 5.13. The first kappa shape index (κ1) is 15.2. The first-order valence-corrected chi connectivity index (χ1v) is 6.85. The molecule has 5 N–H and O–H groups in total. The zero-order chi connectivity index (χ0) is 15.4. The van der Waals surface area contributed by atoms with Crippen LogP contribution >= 0.6 is 0 Å². The molecular formula is C14H19FN4O2. The molecule has 1 aromatic carbocycles. The van der Waals surface area contributed by atoms with Crippen molar-refractivity contribution >= 4 is 23.2 Å². The third kappa shape index (κ3) is 3.91. The number of primary amides is 1. The van der Waals surface area contributed by atoms with Gasteiger partial charge in [0.05, 0.1) is 17.4 Å². The fraction of sp³-hybridized carbons (Fsp3) is 0.429. The molecule has 1 aliphatic rings. The van der Waals surface area contributed by atoms with Gasteiger partial charge in [0.25, 0.3) is 0 Å². The van der Waals surface area contributed by atoms with Gasteiger partial charge in [-0.1, -0.05) is 0 Å². The number of nitrogen functional groups attached to an aromatic ring is 1. The predicted octanol–water partition coefficient (Wildman–Crippen LogP) is 0.686. The maximum absolute atomic E-state index is 12.9. The van der Waals surface area contributed by atoms with Crippen molar-refractivity contribution in [3.05, 3.63) is 24.0 Å². The van der Waals surface area contributed by atoms with Crippen molar-refractivity contribution in [2.75, 3.05) is 24.1 Å². The van der Waals surface area contributed by atoms with E-state index in [2.05, 4.69) is 5.32 Å². The van der Waals surface area contributed by atoms with Crippen LogP contribution in [-0.4, -0.2) is 35.8 Å². The van der Waals surface area contributed by atoms with Gasteiger partial charge in [0.15, 0.2) is 0 Å². The molecule has 2 amide bonds. The molecule has 7 heteroatoms. The van der Waals surface area contributed by atoms with Crippen molar-refractivity contribution < 1.29 is 14.0 Å². The molecule has 1 aromatic rings. The fourth-order valence-electron chi connectivity index (χ4n) is 2.52. The highest BCUT2D eigenvalue weighted by molar-refractivity contribution is 5.93. The van der Waals surface area contributed by atoms with Crippen LogP contribution in [-0.2, 0) is 9.59 Å². The van der Waals surface area contributed by atoms with Crippen LogP contribution in [0.3, 0.4) is 0 Å². The summed E-state index contributed by atoms with van der Waals surface area (Å²) in [4.78, 5) is 25.0. The molecule has 2 rings (SSSR count). The molecule has 21 heavy (non-hydrogen) atoms. The molecule has 0 spiro atoms. The summed E-state index contributed by atoms with van der Waals surface area (Å²) in [5.74, 6) is -1.04. The van der Waals surface area contributed by atoms with Crippen LogP contribution in [0.1, 0.15) is 19.3 Å². The summed E-state index contributed by atoms with van der Waals surface area (Å²) in [6.07, 6.45) is 1.86. The monoisotopic (exact) mass is 294 g/mol. The zero-order valence-corrected chi connectivity index (χ0v) is 11.6. The van der Waals surface area contributed by atoms with Crippen molar-refractivity contribution in [2.45, 2.75) is 25.3 Å². The van der Waals surface area contributed by atoms with E-state index in [4.69, 9.17) is 11.5 Å². The SMILES string of the molecule is NC(=O)C1CCCN1CCC(=O)Nc1ccc(F)cc1N. The van der Waals surface area contributed by atoms with Crippen LogP contribution in [0.2, 0.25) is 0 Å². The van der Waals surface area contributed by atoms with E-state index in [0.29, 0.717) is 12.2 Å². The lowest BCUT2D eigenvalue weighted by atomic mass is 10.2. The summed E-state index contributed by atoms with van der Waals surface area (Å²) in [5.41, 5.74) is 11.5. The van der Waals surface area contributed by atoms with Crippen LogP contribution in [0.25, 0.3) is 0 Å². The van der Waals surface area contributed by atoms with Crippen molar-refractivity contribution in [2.24, 2.45) is 5.73 Å². The van der Waals surface area contributed by atoms with E-state index >= 15 is 0 Å². The molecule has 0 bridgehead atoms. The molecule has 1 unspecified atom stereocenters. The van der Waals surface area contributed by atoms with Gasteiger partial charge in [0.1, 0.15) is 5.82 Å². The molecule has 114 valence electrons. The number of nitrogens with two attached hydrogens (primary N) is 2. The number of halogens is 1. The van der Waals surface area contributed by atoms with Crippen LogP contribution < -0.4 is 16.8 Å².